The highest BCUT2D eigenvalue weighted by atomic mass is 14.2. The second-order valence-corrected chi connectivity index (χ2v) is 3.34. The minimum Gasteiger partial charge on any atom is -0.192 e. The average Bonchev–Trinajstić information content (AvgIpc) is 2.16. The fraction of sp³-hybridized carbons (Fsp3) is 0.333. The van der Waals surface area contributed by atoms with Crippen molar-refractivity contribution in [3.63, 3.8) is 0 Å². The number of benzene rings is 1. The van der Waals surface area contributed by atoms with Crippen molar-refractivity contribution in [1.29, 1.82) is 5.26 Å². The van der Waals surface area contributed by atoms with Gasteiger partial charge in [0.25, 0.3) is 0 Å². The number of hydrogen-bond donors (Lipinski definition) is 0. The molecule has 0 amide bonds. The Labute approximate surface area is 80.0 Å². The van der Waals surface area contributed by atoms with Gasteiger partial charge in [-0.15, -0.1) is 0 Å². The molecule has 1 nitrogen and oxygen atoms in total. The summed E-state index contributed by atoms with van der Waals surface area (Å²) in [5.41, 5.74) is 3.29. The molecule has 0 bridgehead atoms. The topological polar surface area (TPSA) is 23.8 Å². The lowest BCUT2D eigenvalue weighted by Crippen LogP contribution is -1.96. The summed E-state index contributed by atoms with van der Waals surface area (Å²) < 4.78 is 0. The zero-order chi connectivity index (χ0) is 9.84. The summed E-state index contributed by atoms with van der Waals surface area (Å²) in [6.45, 7) is 6.29. The summed E-state index contributed by atoms with van der Waals surface area (Å²) >= 11 is 0. The standard InChI is InChI=1S/C12H14N/c1-4-11-6-5-10(8-13)7-12(11)9(2)3/h5-7H,4H2,1-3H3. The van der Waals surface area contributed by atoms with Gasteiger partial charge in [0.1, 0.15) is 0 Å². The van der Waals surface area contributed by atoms with E-state index in [0.29, 0.717) is 0 Å². The van der Waals surface area contributed by atoms with Gasteiger partial charge in [0.2, 0.25) is 0 Å². The minimum atomic E-state index is 0.744. The van der Waals surface area contributed by atoms with Crippen LogP contribution in [0.25, 0.3) is 0 Å². The quantitative estimate of drug-likeness (QED) is 0.672. The largest absolute Gasteiger partial charge is 0.192 e. The van der Waals surface area contributed by atoms with E-state index in [1.54, 1.807) is 0 Å². The molecule has 0 fully saturated rings. The van der Waals surface area contributed by atoms with Crippen molar-refractivity contribution < 1.29 is 0 Å². The molecule has 0 saturated carbocycles. The number of rotatable bonds is 2. The predicted molar refractivity (Wildman–Crippen MR) is 54.2 cm³/mol. The molecular weight excluding hydrogens is 158 g/mol. The first kappa shape index (κ1) is 9.80. The SMILES string of the molecule is CCc1ccc(C#N)cc1[C](C)C. The molecular formula is C12H14N. The highest BCUT2D eigenvalue weighted by Gasteiger charge is 2.06. The van der Waals surface area contributed by atoms with Crippen LogP contribution in [0.4, 0.5) is 0 Å². The van der Waals surface area contributed by atoms with E-state index in [1.165, 1.54) is 17.0 Å². The average molecular weight is 172 g/mol. The minimum absolute atomic E-state index is 0.744. The lowest BCUT2D eigenvalue weighted by molar-refractivity contribution is 1.05. The van der Waals surface area contributed by atoms with Crippen molar-refractivity contribution in [2.75, 3.05) is 0 Å². The van der Waals surface area contributed by atoms with Crippen molar-refractivity contribution in [2.24, 2.45) is 0 Å². The molecule has 1 aromatic carbocycles. The van der Waals surface area contributed by atoms with Crippen LogP contribution in [0, 0.1) is 17.2 Å². The third kappa shape index (κ3) is 2.09. The zero-order valence-electron chi connectivity index (χ0n) is 8.39. The molecule has 0 aliphatic heterocycles. The normalized spacial score (nSPS) is 10.1. The highest BCUT2D eigenvalue weighted by molar-refractivity contribution is 5.44. The Morgan fingerprint density at radius 1 is 1.38 bits per heavy atom. The smallest absolute Gasteiger partial charge is 0.0991 e. The van der Waals surface area contributed by atoms with E-state index in [4.69, 9.17) is 5.26 Å². The molecule has 67 valence electrons. The van der Waals surface area contributed by atoms with Crippen molar-refractivity contribution in [3.8, 4) is 6.07 Å². The van der Waals surface area contributed by atoms with Gasteiger partial charge in [-0.25, -0.2) is 0 Å². The first-order chi connectivity index (χ1) is 6.19. The van der Waals surface area contributed by atoms with Gasteiger partial charge < -0.3 is 0 Å². The second-order valence-electron chi connectivity index (χ2n) is 3.34. The van der Waals surface area contributed by atoms with E-state index in [2.05, 4.69) is 26.8 Å². The maximum Gasteiger partial charge on any atom is 0.0991 e. The van der Waals surface area contributed by atoms with Crippen molar-refractivity contribution in [1.82, 2.24) is 0 Å². The summed E-state index contributed by atoms with van der Waals surface area (Å²) in [6.07, 6.45) is 1.02. The lowest BCUT2D eigenvalue weighted by Gasteiger charge is -2.10. The Morgan fingerprint density at radius 2 is 2.08 bits per heavy atom. The predicted octanol–water partition coefficient (Wildman–Crippen LogP) is 3.08. The van der Waals surface area contributed by atoms with E-state index >= 15 is 0 Å². The Hall–Kier alpha value is -1.29. The van der Waals surface area contributed by atoms with Crippen LogP contribution in [0.2, 0.25) is 0 Å². The fourth-order valence-corrected chi connectivity index (χ4v) is 1.42. The van der Waals surface area contributed by atoms with Crippen LogP contribution in [0.15, 0.2) is 18.2 Å². The molecule has 0 atom stereocenters. The van der Waals surface area contributed by atoms with E-state index in [-0.39, 0.29) is 0 Å². The number of aryl methyl sites for hydroxylation is 1. The van der Waals surface area contributed by atoms with E-state index < -0.39 is 0 Å². The number of hydrogen-bond acceptors (Lipinski definition) is 1. The third-order valence-electron chi connectivity index (χ3n) is 2.16. The third-order valence-corrected chi connectivity index (χ3v) is 2.16. The monoisotopic (exact) mass is 172 g/mol. The first-order valence-electron chi connectivity index (χ1n) is 4.52. The molecule has 0 unspecified atom stereocenters. The van der Waals surface area contributed by atoms with Gasteiger partial charge in [0.05, 0.1) is 11.6 Å². The van der Waals surface area contributed by atoms with E-state index in [0.717, 1.165) is 12.0 Å². The molecule has 0 saturated heterocycles. The van der Waals surface area contributed by atoms with Crippen molar-refractivity contribution in [3.05, 3.63) is 40.8 Å². The van der Waals surface area contributed by atoms with E-state index in [9.17, 15) is 0 Å². The van der Waals surface area contributed by atoms with Crippen LogP contribution in [-0.2, 0) is 6.42 Å². The van der Waals surface area contributed by atoms with Gasteiger partial charge in [0, 0.05) is 0 Å². The van der Waals surface area contributed by atoms with Gasteiger partial charge >= 0.3 is 0 Å². The summed E-state index contributed by atoms with van der Waals surface area (Å²) in [5, 5.41) is 8.75. The molecule has 0 aromatic heterocycles. The summed E-state index contributed by atoms with van der Waals surface area (Å²) in [4.78, 5) is 0. The zero-order valence-corrected chi connectivity index (χ0v) is 8.39. The van der Waals surface area contributed by atoms with Crippen LogP contribution in [-0.4, -0.2) is 0 Å². The summed E-state index contributed by atoms with van der Waals surface area (Å²) in [7, 11) is 0. The molecule has 0 aliphatic carbocycles. The van der Waals surface area contributed by atoms with Crippen LogP contribution in [0.3, 0.4) is 0 Å². The second kappa shape index (κ2) is 4.09. The molecule has 0 N–H and O–H groups in total. The molecule has 0 aliphatic rings. The summed E-state index contributed by atoms with van der Waals surface area (Å²) in [5.74, 6) is 1.27. The maximum atomic E-state index is 8.75. The maximum absolute atomic E-state index is 8.75. The molecule has 1 radical (unpaired) electrons. The van der Waals surface area contributed by atoms with Crippen LogP contribution in [0.1, 0.15) is 37.5 Å². The molecule has 1 rings (SSSR count). The molecule has 1 heteroatoms. The van der Waals surface area contributed by atoms with Crippen LogP contribution in [0.5, 0.6) is 0 Å². The Kier molecular flexibility index (Phi) is 3.08. The number of nitrogens with zero attached hydrogens (tertiary/aromatic N) is 1. The van der Waals surface area contributed by atoms with Crippen molar-refractivity contribution >= 4 is 0 Å². The number of nitriles is 1. The van der Waals surface area contributed by atoms with Crippen LogP contribution < -0.4 is 0 Å². The lowest BCUT2D eigenvalue weighted by atomic mass is 9.94. The first-order valence-corrected chi connectivity index (χ1v) is 4.52. The van der Waals surface area contributed by atoms with Gasteiger partial charge in [-0.1, -0.05) is 26.8 Å². The van der Waals surface area contributed by atoms with Gasteiger partial charge in [-0.3, -0.25) is 0 Å². The Morgan fingerprint density at radius 3 is 2.54 bits per heavy atom. The van der Waals surface area contributed by atoms with Crippen LogP contribution >= 0.6 is 0 Å². The molecule has 0 spiro atoms. The Bertz CT molecular complexity index is 331. The fourth-order valence-electron chi connectivity index (χ4n) is 1.42. The van der Waals surface area contributed by atoms with Gasteiger partial charge in [0.15, 0.2) is 0 Å². The molecule has 13 heavy (non-hydrogen) atoms. The van der Waals surface area contributed by atoms with Gasteiger partial charge in [-0.05, 0) is 35.6 Å². The summed E-state index contributed by atoms with van der Waals surface area (Å²) in [6, 6.07) is 8.05. The molecule has 0 heterocycles. The molecule has 1 aromatic rings. The van der Waals surface area contributed by atoms with Gasteiger partial charge in [-0.2, -0.15) is 5.26 Å². The Balaban J connectivity index is 3.20. The highest BCUT2D eigenvalue weighted by Crippen LogP contribution is 2.20. The van der Waals surface area contributed by atoms with E-state index in [1.807, 2.05) is 18.2 Å². The van der Waals surface area contributed by atoms with Crippen molar-refractivity contribution in [2.45, 2.75) is 27.2 Å².